The molecule has 3 rings (SSSR count). The van der Waals surface area contributed by atoms with Gasteiger partial charge in [0.15, 0.2) is 5.69 Å². The number of amides is 1. The van der Waals surface area contributed by atoms with E-state index in [9.17, 15) is 4.79 Å². The van der Waals surface area contributed by atoms with E-state index in [1.807, 2.05) is 56.3 Å². The number of hydrogen-bond donors (Lipinski definition) is 2. The normalized spacial score (nSPS) is 10.4. The lowest BCUT2D eigenvalue weighted by Gasteiger charge is -2.09. The van der Waals surface area contributed by atoms with E-state index in [4.69, 9.17) is 11.6 Å². The molecular weight excluding hydrogens is 348 g/mol. The van der Waals surface area contributed by atoms with Crippen molar-refractivity contribution in [1.29, 1.82) is 0 Å². The van der Waals surface area contributed by atoms with Crippen LogP contribution in [0.15, 0.2) is 54.6 Å². The van der Waals surface area contributed by atoms with Crippen molar-refractivity contribution in [3.63, 3.8) is 0 Å². The molecule has 1 heterocycles. The SMILES string of the molecule is Cc1ccc(NC(=O)c2ccc(NCc3ccc(Cl)cc3)nn2)c(C)c1. The molecule has 0 radical (unpaired) electrons. The van der Waals surface area contributed by atoms with Crippen LogP contribution in [0.4, 0.5) is 11.5 Å². The van der Waals surface area contributed by atoms with Gasteiger partial charge in [-0.25, -0.2) is 0 Å². The zero-order valence-electron chi connectivity index (χ0n) is 14.6. The molecule has 3 aromatic rings. The molecular formula is C20H19ClN4O. The Kier molecular flexibility index (Phi) is 5.49. The van der Waals surface area contributed by atoms with Crippen LogP contribution in [0, 0.1) is 13.8 Å². The number of carbonyl (C=O) groups excluding carboxylic acids is 1. The largest absolute Gasteiger partial charge is 0.365 e. The van der Waals surface area contributed by atoms with Crippen molar-refractivity contribution in [2.75, 3.05) is 10.6 Å². The standard InChI is InChI=1S/C20H19ClN4O/c1-13-3-8-17(14(2)11-13)23-20(26)18-9-10-19(25-24-18)22-12-15-4-6-16(21)7-5-15/h3-11H,12H2,1-2H3,(H,22,25)(H,23,26). The van der Waals surface area contributed by atoms with Crippen molar-refractivity contribution in [3.8, 4) is 0 Å². The first-order chi connectivity index (χ1) is 12.5. The van der Waals surface area contributed by atoms with Gasteiger partial charge in [-0.3, -0.25) is 4.79 Å². The van der Waals surface area contributed by atoms with Crippen LogP contribution >= 0.6 is 11.6 Å². The van der Waals surface area contributed by atoms with Gasteiger partial charge < -0.3 is 10.6 Å². The van der Waals surface area contributed by atoms with E-state index in [0.717, 1.165) is 22.4 Å². The Balaban J connectivity index is 1.61. The molecule has 26 heavy (non-hydrogen) atoms. The van der Waals surface area contributed by atoms with Crippen LogP contribution in [-0.4, -0.2) is 16.1 Å². The lowest BCUT2D eigenvalue weighted by atomic mass is 10.1. The van der Waals surface area contributed by atoms with Crippen LogP contribution in [0.3, 0.4) is 0 Å². The summed E-state index contributed by atoms with van der Waals surface area (Å²) < 4.78 is 0. The highest BCUT2D eigenvalue weighted by molar-refractivity contribution is 6.30. The summed E-state index contributed by atoms with van der Waals surface area (Å²) in [5.41, 5.74) is 4.27. The second-order valence-electron chi connectivity index (χ2n) is 6.06. The molecule has 0 atom stereocenters. The molecule has 0 aliphatic carbocycles. The fourth-order valence-corrected chi connectivity index (χ4v) is 2.61. The van der Waals surface area contributed by atoms with Gasteiger partial charge in [-0.15, -0.1) is 10.2 Å². The van der Waals surface area contributed by atoms with Crippen LogP contribution < -0.4 is 10.6 Å². The van der Waals surface area contributed by atoms with E-state index in [-0.39, 0.29) is 11.6 Å². The minimum atomic E-state index is -0.284. The molecule has 0 bridgehead atoms. The zero-order valence-corrected chi connectivity index (χ0v) is 15.3. The third kappa shape index (κ3) is 4.58. The molecule has 132 valence electrons. The number of nitrogens with zero attached hydrogens (tertiary/aromatic N) is 2. The molecule has 0 saturated heterocycles. The van der Waals surface area contributed by atoms with Gasteiger partial charge in [0.05, 0.1) is 0 Å². The van der Waals surface area contributed by atoms with Crippen molar-refractivity contribution in [2.45, 2.75) is 20.4 Å². The first kappa shape index (κ1) is 17.9. The maximum absolute atomic E-state index is 12.3. The smallest absolute Gasteiger partial charge is 0.276 e. The lowest BCUT2D eigenvalue weighted by molar-refractivity contribution is 0.102. The molecule has 0 unspecified atom stereocenters. The summed E-state index contributed by atoms with van der Waals surface area (Å²) in [7, 11) is 0. The second kappa shape index (κ2) is 7.97. The molecule has 6 heteroatoms. The summed E-state index contributed by atoms with van der Waals surface area (Å²) in [5, 5.41) is 14.8. The molecule has 5 nitrogen and oxygen atoms in total. The van der Waals surface area contributed by atoms with E-state index in [1.165, 1.54) is 0 Å². The Hall–Kier alpha value is -2.92. The third-order valence-electron chi connectivity index (χ3n) is 3.91. The van der Waals surface area contributed by atoms with E-state index in [0.29, 0.717) is 17.4 Å². The van der Waals surface area contributed by atoms with Gasteiger partial charge in [-0.2, -0.15) is 0 Å². The van der Waals surface area contributed by atoms with Gasteiger partial charge in [0, 0.05) is 17.3 Å². The van der Waals surface area contributed by atoms with Crippen molar-refractivity contribution < 1.29 is 4.79 Å². The quantitative estimate of drug-likeness (QED) is 0.691. The molecule has 1 amide bonds. The topological polar surface area (TPSA) is 66.9 Å². The van der Waals surface area contributed by atoms with Crippen molar-refractivity contribution in [3.05, 3.63) is 82.0 Å². The number of rotatable bonds is 5. The Morgan fingerprint density at radius 1 is 1.00 bits per heavy atom. The van der Waals surface area contributed by atoms with Crippen molar-refractivity contribution in [1.82, 2.24) is 10.2 Å². The Bertz CT molecular complexity index is 908. The number of benzene rings is 2. The maximum atomic E-state index is 12.3. The van der Waals surface area contributed by atoms with Gasteiger partial charge in [-0.05, 0) is 55.3 Å². The fourth-order valence-electron chi connectivity index (χ4n) is 2.48. The first-order valence-corrected chi connectivity index (χ1v) is 8.60. The highest BCUT2D eigenvalue weighted by Crippen LogP contribution is 2.17. The zero-order chi connectivity index (χ0) is 18.5. The molecule has 2 aromatic carbocycles. The summed E-state index contributed by atoms with van der Waals surface area (Å²) in [5.74, 6) is 0.316. The summed E-state index contributed by atoms with van der Waals surface area (Å²) in [6.07, 6.45) is 0. The Labute approximate surface area is 157 Å². The van der Waals surface area contributed by atoms with Gasteiger partial charge in [-0.1, -0.05) is 41.4 Å². The summed E-state index contributed by atoms with van der Waals surface area (Å²) >= 11 is 5.87. The lowest BCUT2D eigenvalue weighted by Crippen LogP contribution is -2.15. The number of nitrogens with one attached hydrogen (secondary N) is 2. The van der Waals surface area contributed by atoms with Gasteiger partial charge >= 0.3 is 0 Å². The average molecular weight is 367 g/mol. The maximum Gasteiger partial charge on any atom is 0.276 e. The number of aromatic nitrogens is 2. The fraction of sp³-hybridized carbons (Fsp3) is 0.150. The summed E-state index contributed by atoms with van der Waals surface area (Å²) in [6, 6.07) is 16.8. The molecule has 0 fully saturated rings. The van der Waals surface area contributed by atoms with E-state index in [1.54, 1.807) is 12.1 Å². The number of aryl methyl sites for hydroxylation is 2. The van der Waals surface area contributed by atoms with Crippen LogP contribution in [0.1, 0.15) is 27.2 Å². The number of halogens is 1. The van der Waals surface area contributed by atoms with Crippen molar-refractivity contribution >= 4 is 29.0 Å². The van der Waals surface area contributed by atoms with E-state index < -0.39 is 0 Å². The summed E-state index contributed by atoms with van der Waals surface area (Å²) in [6.45, 7) is 4.57. The third-order valence-corrected chi connectivity index (χ3v) is 4.17. The highest BCUT2D eigenvalue weighted by Gasteiger charge is 2.10. The number of hydrogen-bond acceptors (Lipinski definition) is 4. The minimum absolute atomic E-state index is 0.266. The molecule has 1 aromatic heterocycles. The van der Waals surface area contributed by atoms with Crippen LogP contribution in [0.5, 0.6) is 0 Å². The van der Waals surface area contributed by atoms with Crippen LogP contribution in [0.2, 0.25) is 5.02 Å². The Morgan fingerprint density at radius 3 is 2.42 bits per heavy atom. The van der Waals surface area contributed by atoms with Crippen LogP contribution in [0.25, 0.3) is 0 Å². The second-order valence-corrected chi connectivity index (χ2v) is 6.49. The predicted molar refractivity (Wildman–Crippen MR) is 105 cm³/mol. The van der Waals surface area contributed by atoms with Crippen molar-refractivity contribution in [2.24, 2.45) is 0 Å². The number of anilines is 2. The molecule has 2 N–H and O–H groups in total. The Morgan fingerprint density at radius 2 is 1.77 bits per heavy atom. The molecule has 0 saturated carbocycles. The molecule has 0 spiro atoms. The van der Waals surface area contributed by atoms with E-state index in [2.05, 4.69) is 20.8 Å². The predicted octanol–water partition coefficient (Wildman–Crippen LogP) is 4.61. The minimum Gasteiger partial charge on any atom is -0.365 e. The number of carbonyl (C=O) groups is 1. The first-order valence-electron chi connectivity index (χ1n) is 8.22. The summed E-state index contributed by atoms with van der Waals surface area (Å²) in [4.78, 5) is 12.3. The average Bonchev–Trinajstić information content (AvgIpc) is 2.64. The monoisotopic (exact) mass is 366 g/mol. The van der Waals surface area contributed by atoms with Gasteiger partial charge in [0.2, 0.25) is 0 Å². The van der Waals surface area contributed by atoms with E-state index >= 15 is 0 Å². The van der Waals surface area contributed by atoms with Gasteiger partial charge in [0.1, 0.15) is 5.82 Å². The van der Waals surface area contributed by atoms with Gasteiger partial charge in [0.25, 0.3) is 5.91 Å². The molecule has 0 aliphatic rings. The van der Waals surface area contributed by atoms with Crippen LogP contribution in [-0.2, 0) is 6.54 Å². The molecule has 0 aliphatic heterocycles. The highest BCUT2D eigenvalue weighted by atomic mass is 35.5.